The summed E-state index contributed by atoms with van der Waals surface area (Å²) >= 11 is 0. The zero-order valence-corrected chi connectivity index (χ0v) is 18.6. The van der Waals surface area contributed by atoms with Crippen molar-refractivity contribution >= 4 is 28.6 Å². The minimum absolute atomic E-state index is 0.296. The molecule has 3 aromatic rings. The monoisotopic (exact) mass is 429 g/mol. The number of benzene rings is 3. The first-order chi connectivity index (χ1) is 15.3. The molecule has 1 saturated heterocycles. The van der Waals surface area contributed by atoms with Crippen molar-refractivity contribution < 1.29 is 14.4 Å². The van der Waals surface area contributed by atoms with Crippen LogP contribution in [-0.2, 0) is 28.1 Å². The van der Waals surface area contributed by atoms with E-state index in [1.165, 1.54) is 10.5 Å². The molecule has 0 aromatic heterocycles. The summed E-state index contributed by atoms with van der Waals surface area (Å²) in [5.74, 6) is -0.719. The number of nitrogens with one attached hydrogen (secondary N) is 1. The molecule has 0 bridgehead atoms. The first kappa shape index (κ1) is 21.6. The van der Waals surface area contributed by atoms with E-state index in [1.807, 2.05) is 66.7 Å². The fourth-order valence-electron chi connectivity index (χ4n) is 4.18. The third kappa shape index (κ3) is 3.84. The Morgan fingerprint density at radius 1 is 0.969 bits per heavy atom. The van der Waals surface area contributed by atoms with Crippen LogP contribution in [0.25, 0.3) is 10.8 Å². The fraction of sp³-hybridized carbons (Fsp3) is 0.269. The van der Waals surface area contributed by atoms with E-state index in [-0.39, 0.29) is 12.5 Å². The van der Waals surface area contributed by atoms with Crippen molar-refractivity contribution in [2.75, 3.05) is 13.6 Å². The van der Waals surface area contributed by atoms with Gasteiger partial charge in [0.1, 0.15) is 12.1 Å². The van der Waals surface area contributed by atoms with Gasteiger partial charge in [0, 0.05) is 13.6 Å². The van der Waals surface area contributed by atoms with Gasteiger partial charge in [-0.25, -0.2) is 4.79 Å². The molecule has 32 heavy (non-hydrogen) atoms. The molecule has 6 nitrogen and oxygen atoms in total. The molecule has 1 heterocycles. The van der Waals surface area contributed by atoms with E-state index in [4.69, 9.17) is 0 Å². The lowest BCUT2D eigenvalue weighted by Gasteiger charge is -2.24. The lowest BCUT2D eigenvalue weighted by Crippen LogP contribution is -2.43. The zero-order chi connectivity index (χ0) is 22.9. The Hall–Kier alpha value is -3.67. The second-order valence-electron chi connectivity index (χ2n) is 8.39. The minimum atomic E-state index is -1.23. The first-order valence-electron chi connectivity index (χ1n) is 10.8. The number of imide groups is 1. The Morgan fingerprint density at radius 3 is 2.34 bits per heavy atom. The highest BCUT2D eigenvalue weighted by Crippen LogP contribution is 2.33. The topological polar surface area (TPSA) is 69.7 Å². The second-order valence-corrected chi connectivity index (χ2v) is 8.39. The average Bonchev–Trinajstić information content (AvgIpc) is 3.02. The molecule has 3 aromatic carbocycles. The van der Waals surface area contributed by atoms with E-state index in [0.717, 1.165) is 27.7 Å². The number of aryl methyl sites for hydroxylation is 1. The minimum Gasteiger partial charge on any atom is -0.340 e. The van der Waals surface area contributed by atoms with E-state index in [1.54, 1.807) is 14.0 Å². The van der Waals surface area contributed by atoms with Crippen molar-refractivity contribution in [2.45, 2.75) is 32.4 Å². The molecule has 0 saturated carbocycles. The number of nitrogens with zero attached hydrogens (tertiary/aromatic N) is 2. The molecule has 6 heteroatoms. The third-order valence-electron chi connectivity index (χ3n) is 6.17. The van der Waals surface area contributed by atoms with Gasteiger partial charge in [0.2, 0.25) is 5.91 Å². The summed E-state index contributed by atoms with van der Waals surface area (Å²) in [4.78, 5) is 41.4. The molecule has 4 amide bonds. The van der Waals surface area contributed by atoms with Gasteiger partial charge >= 0.3 is 6.03 Å². The highest BCUT2D eigenvalue weighted by molar-refractivity contribution is 6.10. The normalized spacial score (nSPS) is 18.2. The van der Waals surface area contributed by atoms with Crippen molar-refractivity contribution in [2.24, 2.45) is 0 Å². The van der Waals surface area contributed by atoms with Gasteiger partial charge in [0.05, 0.1) is 0 Å². The molecule has 0 aliphatic carbocycles. The standard InChI is InChI=1S/C26H27N3O3/c1-4-18-12-14-19(15-13-18)16-28(3)23(30)17-29-24(31)26(2,27-25(29)32)22-11-7-9-20-8-5-6-10-21(20)22/h5-15H,4,16-17H2,1-3H3,(H,27,32). The summed E-state index contributed by atoms with van der Waals surface area (Å²) in [6, 6.07) is 20.9. The van der Waals surface area contributed by atoms with Crippen LogP contribution in [0.15, 0.2) is 66.7 Å². The van der Waals surface area contributed by atoms with E-state index in [0.29, 0.717) is 12.1 Å². The number of amides is 4. The van der Waals surface area contributed by atoms with Gasteiger partial charge in [-0.3, -0.25) is 14.5 Å². The van der Waals surface area contributed by atoms with Gasteiger partial charge in [-0.2, -0.15) is 0 Å². The van der Waals surface area contributed by atoms with Gasteiger partial charge in [0.15, 0.2) is 0 Å². The molecular formula is C26H27N3O3. The number of rotatable bonds is 6. The Bertz CT molecular complexity index is 1180. The van der Waals surface area contributed by atoms with Crippen LogP contribution in [0.5, 0.6) is 0 Å². The predicted molar refractivity (Wildman–Crippen MR) is 124 cm³/mol. The molecule has 0 spiro atoms. The van der Waals surface area contributed by atoms with Gasteiger partial charge in [-0.05, 0) is 40.8 Å². The fourth-order valence-corrected chi connectivity index (χ4v) is 4.18. The van der Waals surface area contributed by atoms with Crippen molar-refractivity contribution in [3.8, 4) is 0 Å². The van der Waals surface area contributed by atoms with Crippen molar-refractivity contribution in [3.63, 3.8) is 0 Å². The number of carbonyl (C=O) groups excluding carboxylic acids is 3. The summed E-state index contributed by atoms with van der Waals surface area (Å²) in [6.07, 6.45) is 0.955. The Balaban J connectivity index is 1.51. The van der Waals surface area contributed by atoms with Gasteiger partial charge in [-0.15, -0.1) is 0 Å². The maximum Gasteiger partial charge on any atom is 0.325 e. The molecule has 1 atom stereocenters. The Morgan fingerprint density at radius 2 is 1.62 bits per heavy atom. The van der Waals surface area contributed by atoms with Crippen LogP contribution < -0.4 is 5.32 Å². The predicted octanol–water partition coefficient (Wildman–Crippen LogP) is 3.83. The maximum atomic E-state index is 13.3. The third-order valence-corrected chi connectivity index (χ3v) is 6.17. The molecule has 4 rings (SSSR count). The number of likely N-dealkylation sites (N-methyl/N-ethyl adjacent to an activating group) is 1. The Kier molecular flexibility index (Phi) is 5.70. The maximum absolute atomic E-state index is 13.3. The van der Waals surface area contributed by atoms with Crippen molar-refractivity contribution in [3.05, 3.63) is 83.4 Å². The van der Waals surface area contributed by atoms with Gasteiger partial charge in [0.25, 0.3) is 5.91 Å². The van der Waals surface area contributed by atoms with Crippen LogP contribution in [-0.4, -0.2) is 41.2 Å². The summed E-state index contributed by atoms with van der Waals surface area (Å²) in [5.41, 5.74) is 1.71. The van der Waals surface area contributed by atoms with Gasteiger partial charge < -0.3 is 10.2 Å². The summed E-state index contributed by atoms with van der Waals surface area (Å²) < 4.78 is 0. The van der Waals surface area contributed by atoms with Crippen LogP contribution in [0.3, 0.4) is 0 Å². The quantitative estimate of drug-likeness (QED) is 0.606. The highest BCUT2D eigenvalue weighted by Gasteiger charge is 2.50. The van der Waals surface area contributed by atoms with Crippen LogP contribution in [0.1, 0.15) is 30.5 Å². The van der Waals surface area contributed by atoms with Crippen LogP contribution >= 0.6 is 0 Å². The zero-order valence-electron chi connectivity index (χ0n) is 18.6. The van der Waals surface area contributed by atoms with E-state index in [9.17, 15) is 14.4 Å². The average molecular weight is 430 g/mol. The van der Waals surface area contributed by atoms with Crippen molar-refractivity contribution in [1.82, 2.24) is 15.1 Å². The van der Waals surface area contributed by atoms with E-state index in [2.05, 4.69) is 12.2 Å². The van der Waals surface area contributed by atoms with E-state index >= 15 is 0 Å². The Labute approximate surface area is 187 Å². The molecule has 1 aliphatic heterocycles. The highest BCUT2D eigenvalue weighted by atomic mass is 16.2. The van der Waals surface area contributed by atoms with Gasteiger partial charge in [-0.1, -0.05) is 73.7 Å². The molecule has 1 aliphatic rings. The van der Waals surface area contributed by atoms with Crippen LogP contribution in [0.2, 0.25) is 0 Å². The largest absolute Gasteiger partial charge is 0.340 e. The molecule has 1 unspecified atom stereocenters. The molecule has 1 N–H and O–H groups in total. The van der Waals surface area contributed by atoms with Crippen LogP contribution in [0, 0.1) is 0 Å². The van der Waals surface area contributed by atoms with E-state index < -0.39 is 17.5 Å². The van der Waals surface area contributed by atoms with Crippen molar-refractivity contribution in [1.29, 1.82) is 0 Å². The molecule has 1 fully saturated rings. The lowest BCUT2D eigenvalue weighted by atomic mass is 9.88. The smallest absolute Gasteiger partial charge is 0.325 e. The number of hydrogen-bond donors (Lipinski definition) is 1. The number of urea groups is 1. The lowest BCUT2D eigenvalue weighted by molar-refractivity contribution is -0.138. The summed E-state index contributed by atoms with van der Waals surface area (Å²) in [7, 11) is 1.68. The summed E-state index contributed by atoms with van der Waals surface area (Å²) in [5, 5.41) is 4.69. The second kappa shape index (κ2) is 8.46. The molecule has 164 valence electrons. The number of fused-ring (bicyclic) bond motifs is 1. The number of hydrogen-bond acceptors (Lipinski definition) is 3. The SMILES string of the molecule is CCc1ccc(CN(C)C(=O)CN2C(=O)NC(C)(c3cccc4ccccc34)C2=O)cc1. The first-order valence-corrected chi connectivity index (χ1v) is 10.8. The molecule has 0 radical (unpaired) electrons. The number of carbonyl (C=O) groups is 3. The van der Waals surface area contributed by atoms with Crippen LogP contribution in [0.4, 0.5) is 4.79 Å². The summed E-state index contributed by atoms with van der Waals surface area (Å²) in [6.45, 7) is 3.90. The molecular weight excluding hydrogens is 402 g/mol.